The molecule has 19 heavy (non-hydrogen) atoms. The van der Waals surface area contributed by atoms with Crippen molar-refractivity contribution < 1.29 is 4.74 Å². The Hall–Kier alpha value is -0.120. The smallest absolute Gasteiger partial charge is 0.0634 e. The molecule has 112 valence electrons. The van der Waals surface area contributed by atoms with Crippen LogP contribution in [0.2, 0.25) is 0 Å². The summed E-state index contributed by atoms with van der Waals surface area (Å²) in [6.45, 7) is 12.6. The molecule has 1 saturated carbocycles. The summed E-state index contributed by atoms with van der Waals surface area (Å²) in [4.78, 5) is 2.74. The van der Waals surface area contributed by atoms with Gasteiger partial charge < -0.3 is 10.1 Å². The normalized spacial score (nSPS) is 30.0. The summed E-state index contributed by atoms with van der Waals surface area (Å²) in [6.07, 6.45) is 3.99. The van der Waals surface area contributed by atoms with Crippen LogP contribution in [0.1, 0.15) is 47.0 Å². The molecule has 2 fully saturated rings. The number of piperazine rings is 1. The Morgan fingerprint density at radius 2 is 2.00 bits per heavy atom. The fourth-order valence-corrected chi connectivity index (χ4v) is 3.02. The molecule has 3 heteroatoms. The number of ether oxygens (including phenoxy) is 1. The second-order valence-corrected chi connectivity index (χ2v) is 7.37. The summed E-state index contributed by atoms with van der Waals surface area (Å²) in [6, 6.07) is 1.42. The van der Waals surface area contributed by atoms with Crippen LogP contribution in [0.4, 0.5) is 0 Å². The van der Waals surface area contributed by atoms with Gasteiger partial charge in [0.1, 0.15) is 0 Å². The lowest BCUT2D eigenvalue weighted by Crippen LogP contribution is -2.59. The van der Waals surface area contributed by atoms with Crippen molar-refractivity contribution >= 4 is 0 Å². The lowest BCUT2D eigenvalue weighted by Gasteiger charge is -2.43. The third kappa shape index (κ3) is 4.17. The zero-order valence-corrected chi connectivity index (χ0v) is 13.4. The third-order valence-corrected chi connectivity index (χ3v) is 5.01. The molecular formula is C16H32N2O. The Morgan fingerprint density at radius 1 is 1.32 bits per heavy atom. The highest BCUT2D eigenvalue weighted by atomic mass is 16.5. The SMILES string of the molecule is COC(C)(C)CCN1CC(C(C)C)NCC1C1CC1. The van der Waals surface area contributed by atoms with Crippen molar-refractivity contribution in [3.05, 3.63) is 0 Å². The van der Waals surface area contributed by atoms with Crippen LogP contribution in [-0.2, 0) is 4.74 Å². The van der Waals surface area contributed by atoms with E-state index in [1.165, 1.54) is 32.5 Å². The van der Waals surface area contributed by atoms with E-state index in [2.05, 4.69) is 37.9 Å². The zero-order valence-electron chi connectivity index (χ0n) is 13.4. The summed E-state index contributed by atoms with van der Waals surface area (Å²) in [5, 5.41) is 3.76. The minimum atomic E-state index is 0.00625. The summed E-state index contributed by atoms with van der Waals surface area (Å²) < 4.78 is 5.57. The van der Waals surface area contributed by atoms with Crippen LogP contribution < -0.4 is 5.32 Å². The standard InChI is InChI=1S/C16H32N2O/c1-12(2)14-11-18(9-8-16(3,4)19-5)15(10-17-14)13-6-7-13/h12-15,17H,6-11H2,1-5H3. The quantitative estimate of drug-likeness (QED) is 0.801. The van der Waals surface area contributed by atoms with E-state index < -0.39 is 0 Å². The topological polar surface area (TPSA) is 24.5 Å². The predicted molar refractivity (Wildman–Crippen MR) is 80.4 cm³/mol. The molecule has 1 saturated heterocycles. The fourth-order valence-electron chi connectivity index (χ4n) is 3.02. The lowest BCUT2D eigenvalue weighted by atomic mass is 9.96. The fraction of sp³-hybridized carbons (Fsp3) is 1.00. The summed E-state index contributed by atoms with van der Waals surface area (Å²) in [7, 11) is 1.83. The van der Waals surface area contributed by atoms with Crippen molar-refractivity contribution in [2.75, 3.05) is 26.7 Å². The predicted octanol–water partition coefficient (Wildman–Crippen LogP) is 2.51. The minimum absolute atomic E-state index is 0.00625. The Kier molecular flexibility index (Phi) is 4.91. The van der Waals surface area contributed by atoms with Crippen molar-refractivity contribution in [3.63, 3.8) is 0 Å². The summed E-state index contributed by atoms with van der Waals surface area (Å²) in [5.74, 6) is 1.67. The van der Waals surface area contributed by atoms with E-state index in [9.17, 15) is 0 Å². The number of hydrogen-bond donors (Lipinski definition) is 1. The second-order valence-electron chi connectivity index (χ2n) is 7.37. The maximum Gasteiger partial charge on any atom is 0.0634 e. The molecule has 2 atom stereocenters. The van der Waals surface area contributed by atoms with E-state index in [-0.39, 0.29) is 5.60 Å². The molecule has 1 heterocycles. The van der Waals surface area contributed by atoms with Crippen LogP contribution in [0, 0.1) is 11.8 Å². The van der Waals surface area contributed by atoms with Gasteiger partial charge >= 0.3 is 0 Å². The number of rotatable bonds is 6. The average Bonchev–Trinajstić information content (AvgIpc) is 3.20. The molecule has 1 N–H and O–H groups in total. The molecule has 0 aromatic heterocycles. The highest BCUT2D eigenvalue weighted by Gasteiger charge is 2.39. The Labute approximate surface area is 119 Å². The maximum absolute atomic E-state index is 5.57. The molecule has 2 aliphatic rings. The third-order valence-electron chi connectivity index (χ3n) is 5.01. The van der Waals surface area contributed by atoms with Gasteiger partial charge in [0, 0.05) is 38.8 Å². The van der Waals surface area contributed by atoms with E-state index >= 15 is 0 Å². The molecule has 0 amide bonds. The minimum Gasteiger partial charge on any atom is -0.379 e. The first-order chi connectivity index (χ1) is 8.93. The van der Waals surface area contributed by atoms with E-state index in [0.717, 1.165) is 24.3 Å². The number of hydrogen-bond acceptors (Lipinski definition) is 3. The van der Waals surface area contributed by atoms with Crippen molar-refractivity contribution in [2.24, 2.45) is 11.8 Å². The highest BCUT2D eigenvalue weighted by molar-refractivity contribution is 4.96. The monoisotopic (exact) mass is 268 g/mol. The van der Waals surface area contributed by atoms with Gasteiger partial charge in [0.15, 0.2) is 0 Å². The van der Waals surface area contributed by atoms with Gasteiger partial charge in [-0.05, 0) is 44.9 Å². The lowest BCUT2D eigenvalue weighted by molar-refractivity contribution is -0.00319. The van der Waals surface area contributed by atoms with E-state index in [1.807, 2.05) is 7.11 Å². The molecule has 0 spiro atoms. The molecular weight excluding hydrogens is 236 g/mol. The number of nitrogens with zero attached hydrogens (tertiary/aromatic N) is 1. The van der Waals surface area contributed by atoms with Crippen LogP contribution in [0.3, 0.4) is 0 Å². The number of methoxy groups -OCH3 is 1. The largest absolute Gasteiger partial charge is 0.379 e. The van der Waals surface area contributed by atoms with Gasteiger partial charge in [-0.15, -0.1) is 0 Å². The van der Waals surface area contributed by atoms with Crippen molar-refractivity contribution in [3.8, 4) is 0 Å². The van der Waals surface area contributed by atoms with Crippen LogP contribution in [0.5, 0.6) is 0 Å². The van der Waals surface area contributed by atoms with Crippen LogP contribution >= 0.6 is 0 Å². The Balaban J connectivity index is 1.91. The summed E-state index contributed by atoms with van der Waals surface area (Å²) in [5.41, 5.74) is 0.00625. The van der Waals surface area contributed by atoms with Gasteiger partial charge in [-0.1, -0.05) is 13.8 Å². The molecule has 1 aliphatic carbocycles. The van der Waals surface area contributed by atoms with E-state index in [4.69, 9.17) is 4.74 Å². The molecule has 0 bridgehead atoms. The molecule has 3 nitrogen and oxygen atoms in total. The first-order valence-electron chi connectivity index (χ1n) is 7.95. The van der Waals surface area contributed by atoms with Crippen LogP contribution in [0.25, 0.3) is 0 Å². The van der Waals surface area contributed by atoms with Crippen molar-refractivity contribution in [1.82, 2.24) is 10.2 Å². The highest BCUT2D eigenvalue weighted by Crippen LogP contribution is 2.37. The van der Waals surface area contributed by atoms with Gasteiger partial charge in [0.25, 0.3) is 0 Å². The Bertz CT molecular complexity index is 286. The van der Waals surface area contributed by atoms with Crippen LogP contribution in [0.15, 0.2) is 0 Å². The number of nitrogens with one attached hydrogen (secondary N) is 1. The first-order valence-corrected chi connectivity index (χ1v) is 7.95. The van der Waals surface area contributed by atoms with Gasteiger partial charge in [0.2, 0.25) is 0 Å². The molecule has 1 aliphatic heterocycles. The van der Waals surface area contributed by atoms with Crippen molar-refractivity contribution in [1.29, 1.82) is 0 Å². The van der Waals surface area contributed by atoms with Gasteiger partial charge in [0.05, 0.1) is 5.60 Å². The Morgan fingerprint density at radius 3 is 2.53 bits per heavy atom. The first kappa shape index (κ1) is 15.3. The van der Waals surface area contributed by atoms with E-state index in [0.29, 0.717) is 6.04 Å². The molecule has 2 rings (SSSR count). The second kappa shape index (κ2) is 6.11. The maximum atomic E-state index is 5.57. The van der Waals surface area contributed by atoms with Gasteiger partial charge in [-0.25, -0.2) is 0 Å². The van der Waals surface area contributed by atoms with Gasteiger partial charge in [-0.2, -0.15) is 0 Å². The van der Waals surface area contributed by atoms with Gasteiger partial charge in [-0.3, -0.25) is 4.90 Å². The van der Waals surface area contributed by atoms with Crippen LogP contribution in [-0.4, -0.2) is 49.3 Å². The molecule has 0 aromatic carbocycles. The zero-order chi connectivity index (χ0) is 14.0. The van der Waals surface area contributed by atoms with E-state index in [1.54, 1.807) is 0 Å². The molecule has 0 aromatic rings. The average molecular weight is 268 g/mol. The van der Waals surface area contributed by atoms with Crippen molar-refractivity contribution in [2.45, 2.75) is 64.6 Å². The summed E-state index contributed by atoms with van der Waals surface area (Å²) >= 11 is 0. The molecule has 0 radical (unpaired) electrons. The molecule has 2 unspecified atom stereocenters.